The molecule has 0 fully saturated rings. The first kappa shape index (κ1) is 13.3. The van der Waals surface area contributed by atoms with Gasteiger partial charge >= 0.3 is 5.69 Å². The van der Waals surface area contributed by atoms with Crippen LogP contribution >= 0.6 is 11.3 Å². The maximum atomic E-state index is 12.0. The van der Waals surface area contributed by atoms with Crippen LogP contribution in [0.2, 0.25) is 0 Å². The molecule has 6 nitrogen and oxygen atoms in total. The molecule has 0 aliphatic carbocycles. The average Bonchev–Trinajstić information content (AvgIpc) is 3.02. The zero-order valence-corrected chi connectivity index (χ0v) is 13.3. The molecule has 0 saturated heterocycles. The van der Waals surface area contributed by atoms with Gasteiger partial charge in [-0.3, -0.25) is 0 Å². The fourth-order valence-corrected chi connectivity index (χ4v) is 3.07. The lowest BCUT2D eigenvalue weighted by atomic mass is 10.2. The van der Waals surface area contributed by atoms with Crippen LogP contribution in [0.3, 0.4) is 0 Å². The van der Waals surface area contributed by atoms with Gasteiger partial charge in [0.05, 0.1) is 1.37 Å². The lowest BCUT2D eigenvalue weighted by molar-refractivity contribution is 0.303. The third-order valence-corrected chi connectivity index (χ3v) is 4.50. The van der Waals surface area contributed by atoms with E-state index in [2.05, 4.69) is 10.4 Å². The number of tetrazole rings is 1. The lowest BCUT2D eigenvalue weighted by Gasteiger charge is -2.10. The van der Waals surface area contributed by atoms with E-state index in [4.69, 9.17) is 6.11 Å². The summed E-state index contributed by atoms with van der Waals surface area (Å²) in [5.41, 5.74) is 2.57. The van der Waals surface area contributed by atoms with Gasteiger partial charge in [0.25, 0.3) is 0 Å². The van der Waals surface area contributed by atoms with Gasteiger partial charge < -0.3 is 4.74 Å². The smallest absolute Gasteiger partial charge is 0.368 e. The molecule has 7 heteroatoms. The fourth-order valence-electron chi connectivity index (χ4n) is 2.06. The predicted molar refractivity (Wildman–Crippen MR) is 84.7 cm³/mol. The Bertz CT molecular complexity index is 913. The quantitative estimate of drug-likeness (QED) is 0.740. The molecule has 0 unspecified atom stereocenters. The van der Waals surface area contributed by atoms with E-state index in [-0.39, 0.29) is 5.69 Å². The summed E-state index contributed by atoms with van der Waals surface area (Å²) in [7, 11) is 1.56. The van der Waals surface area contributed by atoms with Crippen LogP contribution in [-0.4, -0.2) is 19.8 Å². The predicted octanol–water partition coefficient (Wildman–Crippen LogP) is 2.22. The topological polar surface area (TPSA) is 61.9 Å². The summed E-state index contributed by atoms with van der Waals surface area (Å²) in [6.45, 7) is 4.20. The van der Waals surface area contributed by atoms with Crippen LogP contribution in [0.5, 0.6) is 5.75 Å². The zero-order valence-electron chi connectivity index (χ0n) is 13.5. The Kier molecular flexibility index (Phi) is 3.48. The summed E-state index contributed by atoms with van der Waals surface area (Å²) < 4.78 is 16.0. The summed E-state index contributed by atoms with van der Waals surface area (Å²) in [5.74, 6) is 0.726. The maximum Gasteiger partial charge on any atom is 0.368 e. The molecule has 0 radical (unpaired) electrons. The Morgan fingerprint density at radius 1 is 1.32 bits per heavy atom. The second-order valence-electron chi connectivity index (χ2n) is 4.98. The minimum absolute atomic E-state index is 0.289. The van der Waals surface area contributed by atoms with Gasteiger partial charge in [-0.2, -0.15) is 4.68 Å². The second kappa shape index (κ2) is 5.76. The normalized spacial score (nSPS) is 11.5. The van der Waals surface area contributed by atoms with Gasteiger partial charge in [-0.15, -0.1) is 16.0 Å². The van der Waals surface area contributed by atoms with Crippen LogP contribution in [0.25, 0.3) is 5.00 Å². The Morgan fingerprint density at radius 3 is 2.82 bits per heavy atom. The van der Waals surface area contributed by atoms with Gasteiger partial charge in [-0.25, -0.2) is 4.79 Å². The van der Waals surface area contributed by atoms with Crippen molar-refractivity contribution in [2.24, 2.45) is 7.05 Å². The van der Waals surface area contributed by atoms with Crippen LogP contribution in [0, 0.1) is 13.8 Å². The number of thiophene rings is 1. The largest absolute Gasteiger partial charge is 0.489 e. The first-order chi connectivity index (χ1) is 11.0. The van der Waals surface area contributed by atoms with E-state index >= 15 is 0 Å². The van der Waals surface area contributed by atoms with E-state index in [1.807, 2.05) is 19.2 Å². The molecule has 0 amide bonds. The number of aromatic nitrogens is 4. The fraction of sp³-hybridized carbons (Fsp3) is 0.267. The number of para-hydroxylation sites is 1. The molecule has 0 atom stereocenters. The Balaban J connectivity index is 1.90. The van der Waals surface area contributed by atoms with Crippen molar-refractivity contribution >= 4 is 11.3 Å². The molecule has 2 heterocycles. The highest BCUT2D eigenvalue weighted by molar-refractivity contribution is 7.12. The summed E-state index contributed by atoms with van der Waals surface area (Å²) in [6, 6.07) is 5.68. The molecule has 1 aromatic carbocycles. The molecule has 114 valence electrons. The van der Waals surface area contributed by atoms with Crippen molar-refractivity contribution in [3.63, 3.8) is 0 Å². The summed E-state index contributed by atoms with van der Waals surface area (Å²) >= 11 is 1.44. The summed E-state index contributed by atoms with van der Waals surface area (Å²) in [5, 5.41) is 10.3. The van der Waals surface area contributed by atoms with Crippen LogP contribution in [-0.2, 0) is 13.7 Å². The van der Waals surface area contributed by atoms with Crippen LogP contribution in [0.1, 0.15) is 18.1 Å². The minimum atomic E-state index is -0.289. The van der Waals surface area contributed by atoms with E-state index in [9.17, 15) is 4.79 Å². The van der Waals surface area contributed by atoms with Crippen LogP contribution in [0.4, 0.5) is 0 Å². The van der Waals surface area contributed by atoms with Crippen LogP contribution in [0.15, 0.2) is 34.4 Å². The number of hydrogen-bond donors (Lipinski definition) is 0. The molecular weight excluding hydrogens is 300 g/mol. The second-order valence-corrected chi connectivity index (χ2v) is 5.84. The first-order valence-electron chi connectivity index (χ1n) is 7.24. The zero-order chi connectivity index (χ0) is 16.6. The Morgan fingerprint density at radius 2 is 2.14 bits per heavy atom. The summed E-state index contributed by atoms with van der Waals surface area (Å²) in [4.78, 5) is 12.0. The number of aryl methyl sites for hydroxylation is 3. The van der Waals surface area contributed by atoms with Gasteiger partial charge in [0, 0.05) is 12.6 Å². The van der Waals surface area contributed by atoms with E-state index in [0.717, 1.165) is 27.4 Å². The van der Waals surface area contributed by atoms with Crippen molar-refractivity contribution in [2.45, 2.75) is 20.5 Å². The van der Waals surface area contributed by atoms with Gasteiger partial charge in [0.1, 0.15) is 17.4 Å². The van der Waals surface area contributed by atoms with Crippen LogP contribution < -0.4 is 10.4 Å². The van der Waals surface area contributed by atoms with Crippen molar-refractivity contribution < 1.29 is 6.11 Å². The van der Waals surface area contributed by atoms with Crippen molar-refractivity contribution in [1.29, 1.82) is 0 Å². The number of hydrogen-bond acceptors (Lipinski definition) is 5. The third-order valence-electron chi connectivity index (χ3n) is 3.39. The molecule has 3 rings (SSSR count). The highest BCUT2D eigenvalue weighted by Gasteiger charge is 2.16. The monoisotopic (exact) mass is 318 g/mol. The van der Waals surface area contributed by atoms with Gasteiger partial charge in [-0.05, 0) is 46.8 Å². The molecular formula is C15H16N4O2S. The number of nitrogens with zero attached hydrogens (tertiary/aromatic N) is 4. The maximum absolute atomic E-state index is 12.0. The molecule has 0 bridgehead atoms. The molecule has 0 saturated carbocycles. The standard InChI is InChI=1S/C15H16N4O2S/c1-10-6-4-5-7-13(10)21-8-12-11(2)9-22-14(12)19-15(20)18(3)16-17-19/h4-7,9H,8H2,1-3H3/i4T. The Labute approximate surface area is 133 Å². The molecule has 2 aromatic heterocycles. The van der Waals surface area contributed by atoms with E-state index in [1.54, 1.807) is 25.2 Å². The first-order valence-corrected chi connectivity index (χ1v) is 7.61. The summed E-state index contributed by atoms with van der Waals surface area (Å²) in [6.07, 6.45) is 0. The number of rotatable bonds is 4. The van der Waals surface area contributed by atoms with Gasteiger partial charge in [-0.1, -0.05) is 18.2 Å². The number of ether oxygens (including phenoxy) is 1. The molecule has 0 aliphatic heterocycles. The third kappa shape index (κ3) is 2.55. The molecule has 0 N–H and O–H groups in total. The van der Waals surface area contributed by atoms with Crippen molar-refractivity contribution in [3.05, 3.63) is 56.8 Å². The van der Waals surface area contributed by atoms with Gasteiger partial charge in [0.15, 0.2) is 0 Å². The molecule has 22 heavy (non-hydrogen) atoms. The highest BCUT2D eigenvalue weighted by atomic mass is 32.1. The van der Waals surface area contributed by atoms with E-state index < -0.39 is 0 Å². The molecule has 3 aromatic rings. The van der Waals surface area contributed by atoms with E-state index in [1.165, 1.54) is 20.7 Å². The number of benzene rings is 1. The van der Waals surface area contributed by atoms with Crippen molar-refractivity contribution in [3.8, 4) is 10.8 Å². The Hall–Kier alpha value is -2.41. The highest BCUT2D eigenvalue weighted by Crippen LogP contribution is 2.27. The lowest BCUT2D eigenvalue weighted by Crippen LogP contribution is -2.22. The molecule has 0 spiro atoms. The van der Waals surface area contributed by atoms with E-state index in [0.29, 0.717) is 12.6 Å². The van der Waals surface area contributed by atoms with Gasteiger partial charge in [0.2, 0.25) is 0 Å². The SMILES string of the molecule is [3H]c1ccc(OCc2c(C)csc2-n2nnn(C)c2=O)c(C)c1. The minimum Gasteiger partial charge on any atom is -0.489 e. The van der Waals surface area contributed by atoms with Crippen molar-refractivity contribution in [2.75, 3.05) is 0 Å². The molecule has 0 aliphatic rings. The average molecular weight is 318 g/mol. The van der Waals surface area contributed by atoms with Crippen molar-refractivity contribution in [1.82, 2.24) is 19.8 Å².